The highest BCUT2D eigenvalue weighted by molar-refractivity contribution is 5.60. The monoisotopic (exact) mass is 281 g/mol. The van der Waals surface area contributed by atoms with Crippen LogP contribution in [0.5, 0.6) is 0 Å². The zero-order chi connectivity index (χ0) is 14.3. The molecule has 0 aliphatic heterocycles. The van der Waals surface area contributed by atoms with Gasteiger partial charge in [0.15, 0.2) is 6.39 Å². The molecule has 102 valence electrons. The van der Waals surface area contributed by atoms with Gasteiger partial charge in [-0.15, -0.1) is 0 Å². The van der Waals surface area contributed by atoms with Gasteiger partial charge in [0, 0.05) is 5.56 Å². The second kappa shape index (κ2) is 4.29. The Morgan fingerprint density at radius 1 is 0.842 bits per heavy atom. The summed E-state index contributed by atoms with van der Waals surface area (Å²) in [6.45, 7) is 0. The summed E-state index contributed by atoms with van der Waals surface area (Å²) >= 11 is 0. The van der Waals surface area contributed by atoms with E-state index in [1.54, 1.807) is 0 Å². The molecule has 0 aliphatic carbocycles. The Balaban J connectivity index is 2.62. The molecule has 0 bridgehead atoms. The number of hydrogen-bond donors (Lipinski definition) is 0. The summed E-state index contributed by atoms with van der Waals surface area (Å²) in [4.78, 5) is 3.53. The van der Waals surface area contributed by atoms with Crippen LogP contribution in [0.1, 0.15) is 11.1 Å². The van der Waals surface area contributed by atoms with Crippen molar-refractivity contribution in [3.05, 3.63) is 42.0 Å². The van der Waals surface area contributed by atoms with Crippen molar-refractivity contribution in [2.24, 2.45) is 0 Å². The van der Waals surface area contributed by atoms with E-state index < -0.39 is 23.5 Å². The van der Waals surface area contributed by atoms with Crippen LogP contribution in [0.15, 0.2) is 35.3 Å². The SMILES string of the molecule is FC(F)(F)c1cc(-c2cocn2)cc(C(F)(F)F)c1. The molecular formula is C11H5F6NO. The highest BCUT2D eigenvalue weighted by Crippen LogP contribution is 2.38. The summed E-state index contributed by atoms with van der Waals surface area (Å²) in [5.41, 5.74) is -3.19. The first-order chi connectivity index (χ1) is 8.68. The van der Waals surface area contributed by atoms with Gasteiger partial charge in [-0.05, 0) is 18.2 Å². The van der Waals surface area contributed by atoms with Gasteiger partial charge in [0.05, 0.1) is 11.1 Å². The van der Waals surface area contributed by atoms with Crippen molar-refractivity contribution in [1.29, 1.82) is 0 Å². The molecule has 19 heavy (non-hydrogen) atoms. The number of alkyl halides is 6. The van der Waals surface area contributed by atoms with E-state index >= 15 is 0 Å². The lowest BCUT2D eigenvalue weighted by Crippen LogP contribution is -2.11. The predicted molar refractivity (Wildman–Crippen MR) is 51.9 cm³/mol. The van der Waals surface area contributed by atoms with Crippen molar-refractivity contribution in [3.63, 3.8) is 0 Å². The Morgan fingerprint density at radius 3 is 1.74 bits per heavy atom. The van der Waals surface area contributed by atoms with Gasteiger partial charge in [-0.1, -0.05) is 0 Å². The summed E-state index contributed by atoms with van der Waals surface area (Å²) in [5.74, 6) is 0. The zero-order valence-corrected chi connectivity index (χ0v) is 9.01. The minimum atomic E-state index is -4.88. The maximum atomic E-state index is 12.6. The molecule has 0 spiro atoms. The molecule has 0 amide bonds. The molecule has 1 heterocycles. The Bertz CT molecular complexity index is 538. The minimum Gasteiger partial charge on any atom is -0.451 e. The summed E-state index contributed by atoms with van der Waals surface area (Å²) in [5, 5.41) is 0. The van der Waals surface area contributed by atoms with Crippen LogP contribution in [0.2, 0.25) is 0 Å². The number of oxazole rings is 1. The minimum absolute atomic E-state index is 0.0591. The lowest BCUT2D eigenvalue weighted by molar-refractivity contribution is -0.143. The van der Waals surface area contributed by atoms with Crippen LogP contribution in [0.25, 0.3) is 11.3 Å². The maximum absolute atomic E-state index is 12.6. The molecule has 0 saturated carbocycles. The number of rotatable bonds is 1. The van der Waals surface area contributed by atoms with Gasteiger partial charge >= 0.3 is 12.4 Å². The third-order valence-corrected chi connectivity index (χ3v) is 2.32. The summed E-state index contributed by atoms with van der Waals surface area (Å²) in [6.07, 6.45) is -7.86. The van der Waals surface area contributed by atoms with E-state index in [-0.39, 0.29) is 17.3 Å². The van der Waals surface area contributed by atoms with Gasteiger partial charge in [0.25, 0.3) is 0 Å². The van der Waals surface area contributed by atoms with Crippen LogP contribution < -0.4 is 0 Å². The van der Waals surface area contributed by atoms with Crippen molar-refractivity contribution in [3.8, 4) is 11.3 Å². The quantitative estimate of drug-likeness (QED) is 0.725. The second-order valence-corrected chi connectivity index (χ2v) is 3.67. The second-order valence-electron chi connectivity index (χ2n) is 3.67. The molecule has 0 aliphatic rings. The molecule has 0 N–H and O–H groups in total. The molecule has 8 heteroatoms. The van der Waals surface area contributed by atoms with Crippen LogP contribution in [-0.2, 0) is 12.4 Å². The smallest absolute Gasteiger partial charge is 0.416 e. The average molecular weight is 281 g/mol. The maximum Gasteiger partial charge on any atom is 0.416 e. The van der Waals surface area contributed by atoms with Crippen molar-refractivity contribution in [2.75, 3.05) is 0 Å². The van der Waals surface area contributed by atoms with Gasteiger partial charge < -0.3 is 4.42 Å². The van der Waals surface area contributed by atoms with E-state index in [9.17, 15) is 26.3 Å². The first-order valence-electron chi connectivity index (χ1n) is 4.86. The number of aromatic nitrogens is 1. The lowest BCUT2D eigenvalue weighted by atomic mass is 10.0. The fraction of sp³-hybridized carbons (Fsp3) is 0.182. The molecule has 1 aromatic carbocycles. The summed E-state index contributed by atoms with van der Waals surface area (Å²) in [6, 6.07) is 1.24. The zero-order valence-electron chi connectivity index (χ0n) is 9.01. The van der Waals surface area contributed by atoms with E-state index in [0.717, 1.165) is 12.7 Å². The predicted octanol–water partition coefficient (Wildman–Crippen LogP) is 4.38. The van der Waals surface area contributed by atoms with Gasteiger partial charge in [-0.2, -0.15) is 26.3 Å². The topological polar surface area (TPSA) is 26.0 Å². The Kier molecular flexibility index (Phi) is 3.03. The highest BCUT2D eigenvalue weighted by atomic mass is 19.4. The van der Waals surface area contributed by atoms with Crippen LogP contribution in [0, 0.1) is 0 Å². The highest BCUT2D eigenvalue weighted by Gasteiger charge is 2.37. The molecule has 2 aromatic rings. The fourth-order valence-corrected chi connectivity index (χ4v) is 1.46. The van der Waals surface area contributed by atoms with Crippen LogP contribution >= 0.6 is 0 Å². The van der Waals surface area contributed by atoms with Crippen LogP contribution in [-0.4, -0.2) is 4.98 Å². The van der Waals surface area contributed by atoms with E-state index in [1.165, 1.54) is 0 Å². The molecule has 0 radical (unpaired) electrons. The molecule has 0 fully saturated rings. The third kappa shape index (κ3) is 2.88. The molecule has 0 atom stereocenters. The number of nitrogens with zero attached hydrogens (tertiary/aromatic N) is 1. The van der Waals surface area contributed by atoms with Crippen LogP contribution in [0.4, 0.5) is 26.3 Å². The first-order valence-corrected chi connectivity index (χ1v) is 4.86. The number of hydrogen-bond acceptors (Lipinski definition) is 2. The van der Waals surface area contributed by atoms with Crippen molar-refractivity contribution < 1.29 is 30.8 Å². The number of benzene rings is 1. The molecule has 2 nitrogen and oxygen atoms in total. The van der Waals surface area contributed by atoms with E-state index in [1.807, 2.05) is 0 Å². The first kappa shape index (κ1) is 13.4. The third-order valence-electron chi connectivity index (χ3n) is 2.32. The molecule has 0 saturated heterocycles. The standard InChI is InChI=1S/C11H5F6NO/c12-10(13,14)7-1-6(9-4-19-5-18-9)2-8(3-7)11(15,16)17/h1-5H. The van der Waals surface area contributed by atoms with Crippen molar-refractivity contribution in [2.45, 2.75) is 12.4 Å². The molecule has 2 rings (SSSR count). The molecule has 0 unspecified atom stereocenters. The Morgan fingerprint density at radius 2 is 1.37 bits per heavy atom. The lowest BCUT2D eigenvalue weighted by Gasteiger charge is -2.13. The van der Waals surface area contributed by atoms with Gasteiger partial charge in [-0.25, -0.2) is 4.98 Å². The summed E-state index contributed by atoms with van der Waals surface area (Å²) in [7, 11) is 0. The van der Waals surface area contributed by atoms with Gasteiger partial charge in [0.2, 0.25) is 0 Å². The van der Waals surface area contributed by atoms with Gasteiger partial charge in [0.1, 0.15) is 12.0 Å². The average Bonchev–Trinajstić information content (AvgIpc) is 2.79. The Labute approximate surface area is 102 Å². The van der Waals surface area contributed by atoms with Crippen molar-refractivity contribution >= 4 is 0 Å². The molecular weight excluding hydrogens is 276 g/mol. The fourth-order valence-electron chi connectivity index (χ4n) is 1.46. The largest absolute Gasteiger partial charge is 0.451 e. The van der Waals surface area contributed by atoms with Gasteiger partial charge in [-0.3, -0.25) is 0 Å². The Hall–Kier alpha value is -1.99. The van der Waals surface area contributed by atoms with Crippen molar-refractivity contribution in [1.82, 2.24) is 4.98 Å². The van der Waals surface area contributed by atoms with E-state index in [4.69, 9.17) is 0 Å². The molecule has 1 aromatic heterocycles. The van der Waals surface area contributed by atoms with E-state index in [2.05, 4.69) is 9.40 Å². The van der Waals surface area contributed by atoms with E-state index in [0.29, 0.717) is 12.1 Å². The number of halogens is 6. The normalized spacial score (nSPS) is 12.7. The summed E-state index contributed by atoms with van der Waals surface area (Å²) < 4.78 is 79.9. The van der Waals surface area contributed by atoms with Crippen LogP contribution in [0.3, 0.4) is 0 Å².